The van der Waals surface area contributed by atoms with Crippen molar-refractivity contribution in [3.63, 3.8) is 0 Å². The topological polar surface area (TPSA) is 6.25 Å². The number of nitrogens with zero attached hydrogens (tertiary/aromatic N) is 2. The highest BCUT2D eigenvalue weighted by molar-refractivity contribution is 6.08. The maximum absolute atomic E-state index is 4.17. The lowest BCUT2D eigenvalue weighted by Gasteiger charge is -2.28. The molecular formula is C47H49N2+. The first kappa shape index (κ1) is 32.6. The van der Waals surface area contributed by atoms with Gasteiger partial charge in [-0.2, -0.15) is 4.58 Å². The van der Waals surface area contributed by atoms with Gasteiger partial charge in [0.2, 0.25) is 5.69 Å². The third-order valence-corrected chi connectivity index (χ3v) is 11.0. The van der Waals surface area contributed by atoms with Crippen LogP contribution >= 0.6 is 0 Å². The van der Waals surface area contributed by atoms with E-state index < -0.39 is 0 Å². The van der Waals surface area contributed by atoms with E-state index in [2.05, 4.69) is 190 Å². The van der Waals surface area contributed by atoms with Crippen molar-refractivity contribution in [2.24, 2.45) is 5.92 Å². The number of likely N-dealkylation sites (N-methyl/N-ethyl adjacent to an activating group) is 1. The number of rotatable bonds is 10. The molecule has 0 fully saturated rings. The van der Waals surface area contributed by atoms with Crippen LogP contribution in [0.5, 0.6) is 0 Å². The number of fused-ring (bicyclic) bond motifs is 6. The summed E-state index contributed by atoms with van der Waals surface area (Å²) in [5.74, 6) is 0.621. The molecule has 2 atom stereocenters. The van der Waals surface area contributed by atoms with Crippen LogP contribution in [-0.2, 0) is 17.3 Å². The fraction of sp³-hybridized carbons (Fsp3) is 0.255. The van der Waals surface area contributed by atoms with Crippen molar-refractivity contribution in [2.75, 3.05) is 18.5 Å². The van der Waals surface area contributed by atoms with Gasteiger partial charge in [0, 0.05) is 48.0 Å². The fourth-order valence-corrected chi connectivity index (χ4v) is 8.60. The second-order valence-electron chi connectivity index (χ2n) is 14.8. The van der Waals surface area contributed by atoms with E-state index in [0.29, 0.717) is 5.92 Å². The molecule has 49 heavy (non-hydrogen) atoms. The summed E-state index contributed by atoms with van der Waals surface area (Å²) in [4.78, 5) is 2.37. The Morgan fingerprint density at radius 2 is 1.39 bits per heavy atom. The van der Waals surface area contributed by atoms with Crippen LogP contribution in [0.3, 0.4) is 0 Å². The molecule has 0 amide bonds. The second kappa shape index (κ2) is 13.2. The van der Waals surface area contributed by atoms with Crippen molar-refractivity contribution in [2.45, 2.75) is 57.8 Å². The van der Waals surface area contributed by atoms with Crippen LogP contribution in [0.4, 0.5) is 11.4 Å². The molecule has 0 N–H and O–H groups in total. The number of hydrogen-bond acceptors (Lipinski definition) is 1. The predicted molar refractivity (Wildman–Crippen MR) is 212 cm³/mol. The van der Waals surface area contributed by atoms with E-state index in [0.717, 1.165) is 25.8 Å². The number of allylic oxidation sites excluding steroid dienone is 7. The van der Waals surface area contributed by atoms with E-state index in [4.69, 9.17) is 0 Å². The Kier molecular flexibility index (Phi) is 8.75. The van der Waals surface area contributed by atoms with Gasteiger partial charge in [0.15, 0.2) is 5.71 Å². The highest BCUT2D eigenvalue weighted by Crippen LogP contribution is 2.52. The molecule has 0 radical (unpaired) electrons. The second-order valence-corrected chi connectivity index (χ2v) is 14.8. The van der Waals surface area contributed by atoms with Crippen molar-refractivity contribution in [3.05, 3.63) is 169 Å². The smallest absolute Gasteiger partial charge is 0.210 e. The van der Waals surface area contributed by atoms with Crippen LogP contribution in [0.15, 0.2) is 152 Å². The fourth-order valence-electron chi connectivity index (χ4n) is 8.60. The van der Waals surface area contributed by atoms with Gasteiger partial charge in [-0.1, -0.05) is 123 Å². The van der Waals surface area contributed by atoms with Gasteiger partial charge >= 0.3 is 0 Å². The molecule has 2 heterocycles. The monoisotopic (exact) mass is 641 g/mol. The number of anilines is 1. The molecule has 0 spiro atoms. The average molecular weight is 642 g/mol. The molecule has 2 nitrogen and oxygen atoms in total. The van der Waals surface area contributed by atoms with Gasteiger partial charge in [-0.15, -0.1) is 6.58 Å². The summed E-state index contributed by atoms with van der Waals surface area (Å²) in [7, 11) is 2.20. The van der Waals surface area contributed by atoms with Crippen molar-refractivity contribution in [1.82, 2.24) is 0 Å². The molecule has 0 saturated carbocycles. The summed E-state index contributed by atoms with van der Waals surface area (Å²) >= 11 is 0. The number of benzene rings is 5. The molecule has 5 aromatic rings. The third kappa shape index (κ3) is 5.68. The van der Waals surface area contributed by atoms with Crippen LogP contribution in [0.25, 0.3) is 21.5 Å². The minimum atomic E-state index is -0.186. The van der Waals surface area contributed by atoms with E-state index in [1.807, 2.05) is 0 Å². The summed E-state index contributed by atoms with van der Waals surface area (Å²) < 4.78 is 2.61. The molecule has 2 aliphatic heterocycles. The van der Waals surface area contributed by atoms with Gasteiger partial charge < -0.3 is 4.90 Å². The maximum Gasteiger partial charge on any atom is 0.210 e. The van der Waals surface area contributed by atoms with Crippen molar-refractivity contribution in [1.29, 1.82) is 0 Å². The Balaban J connectivity index is 1.30. The van der Waals surface area contributed by atoms with Crippen molar-refractivity contribution in [3.8, 4) is 0 Å². The molecule has 2 heteroatoms. The standard InChI is InChI=1S/C47H49N2/c1-7-31-46(4)42(48(6)40-28-26-36-20-14-16-22-38(36)44(40)46)24-12-9-13-25-43-47(5,33-35-18-10-8-11-19-35)45-39-23-17-15-21-37(39)27-29-41(45)49(43)32-30-34(2)3/h7-29,34H,1,30-33H2,2-6H3/q+1. The Labute approximate surface area is 293 Å². The van der Waals surface area contributed by atoms with Crippen molar-refractivity contribution >= 4 is 38.6 Å². The van der Waals surface area contributed by atoms with Crippen LogP contribution < -0.4 is 4.90 Å². The zero-order valence-electron chi connectivity index (χ0n) is 29.8. The lowest BCUT2D eigenvalue weighted by atomic mass is 9.73. The van der Waals surface area contributed by atoms with E-state index in [1.54, 1.807) is 0 Å². The third-order valence-electron chi connectivity index (χ3n) is 11.0. The van der Waals surface area contributed by atoms with Gasteiger partial charge in [0.05, 0.1) is 5.41 Å². The first-order valence-electron chi connectivity index (χ1n) is 17.9. The Morgan fingerprint density at radius 1 is 0.735 bits per heavy atom. The molecule has 2 aliphatic rings. The zero-order chi connectivity index (χ0) is 34.2. The van der Waals surface area contributed by atoms with Gasteiger partial charge in [0.25, 0.3) is 0 Å². The molecule has 246 valence electrons. The summed E-state index contributed by atoms with van der Waals surface area (Å²) in [6.45, 7) is 14.6. The van der Waals surface area contributed by atoms with E-state index >= 15 is 0 Å². The van der Waals surface area contributed by atoms with Crippen molar-refractivity contribution < 1.29 is 4.58 Å². The van der Waals surface area contributed by atoms with Crippen LogP contribution in [-0.4, -0.2) is 23.9 Å². The van der Waals surface area contributed by atoms with Crippen LogP contribution in [0.2, 0.25) is 0 Å². The first-order valence-corrected chi connectivity index (χ1v) is 17.9. The van der Waals surface area contributed by atoms with Gasteiger partial charge in [0.1, 0.15) is 6.54 Å². The molecular weight excluding hydrogens is 593 g/mol. The van der Waals surface area contributed by atoms with Gasteiger partial charge in [-0.25, -0.2) is 0 Å². The minimum absolute atomic E-state index is 0.161. The highest BCUT2D eigenvalue weighted by Gasteiger charge is 2.49. The highest BCUT2D eigenvalue weighted by atomic mass is 15.2. The Bertz CT molecular complexity index is 2160. The largest absolute Gasteiger partial charge is 0.347 e. The number of hydrogen-bond donors (Lipinski definition) is 0. The predicted octanol–water partition coefficient (Wildman–Crippen LogP) is 11.6. The SMILES string of the molecule is C=CCC1(C)C(=CC=CC=CC2=[N+](CCC(C)C)c3ccc4ccccc4c3C2(C)Cc2ccccc2)N(C)c2ccc3ccccc3c21. The molecule has 5 aromatic carbocycles. The molecule has 0 bridgehead atoms. The molecule has 0 aliphatic carbocycles. The van der Waals surface area contributed by atoms with Crippen LogP contribution in [0.1, 0.15) is 57.2 Å². The summed E-state index contributed by atoms with van der Waals surface area (Å²) in [5.41, 5.74) is 9.15. The Morgan fingerprint density at radius 3 is 2.08 bits per heavy atom. The van der Waals surface area contributed by atoms with Gasteiger partial charge in [-0.05, 0) is 83.5 Å². The normalized spacial score (nSPS) is 21.3. The van der Waals surface area contributed by atoms with Crippen LogP contribution in [0, 0.1) is 5.92 Å². The lowest BCUT2D eigenvalue weighted by molar-refractivity contribution is -0.439. The summed E-state index contributed by atoms with van der Waals surface area (Å²) in [5, 5.41) is 5.27. The first-order chi connectivity index (χ1) is 23.8. The molecule has 0 saturated heterocycles. The average Bonchev–Trinajstić information content (AvgIpc) is 3.47. The van der Waals surface area contributed by atoms with E-state index in [1.165, 1.54) is 61.0 Å². The minimum Gasteiger partial charge on any atom is -0.347 e. The lowest BCUT2D eigenvalue weighted by Crippen LogP contribution is -2.34. The van der Waals surface area contributed by atoms with E-state index in [-0.39, 0.29) is 10.8 Å². The van der Waals surface area contributed by atoms with Gasteiger partial charge in [-0.3, -0.25) is 0 Å². The molecule has 7 rings (SSSR count). The molecule has 0 aromatic heterocycles. The molecule has 2 unspecified atom stereocenters. The van der Waals surface area contributed by atoms with E-state index in [9.17, 15) is 0 Å². The Hall–Kier alpha value is -4.95. The summed E-state index contributed by atoms with van der Waals surface area (Å²) in [6.07, 6.45) is 16.4. The quantitative estimate of drug-likeness (QED) is 0.0835. The zero-order valence-corrected chi connectivity index (χ0v) is 29.8. The maximum atomic E-state index is 4.17. The summed E-state index contributed by atoms with van der Waals surface area (Å²) in [6, 6.07) is 37.9.